The van der Waals surface area contributed by atoms with Crippen LogP contribution < -0.4 is 0 Å². The molecule has 0 radical (unpaired) electrons. The van der Waals surface area contributed by atoms with Gasteiger partial charge in [0.25, 0.3) is 0 Å². The van der Waals surface area contributed by atoms with Gasteiger partial charge in [0.15, 0.2) is 5.70 Å². The van der Waals surface area contributed by atoms with E-state index in [0.717, 1.165) is 8.66 Å². The number of cyclic esters (lactones) is 1. The number of hydrogen-bond donors (Lipinski definition) is 0. The predicted molar refractivity (Wildman–Crippen MR) is 79.0 cm³/mol. The number of thiophene rings is 1. The Balaban J connectivity index is 1.97. The fourth-order valence-electron chi connectivity index (χ4n) is 1.70. The summed E-state index contributed by atoms with van der Waals surface area (Å²) in [4.78, 5) is 16.7. The van der Waals surface area contributed by atoms with E-state index in [1.807, 2.05) is 12.1 Å². The topological polar surface area (TPSA) is 38.7 Å². The molecule has 20 heavy (non-hydrogen) atoms. The minimum Gasteiger partial charge on any atom is -0.402 e. The molecule has 0 amide bonds. The molecule has 0 bridgehead atoms. The van der Waals surface area contributed by atoms with Crippen LogP contribution in [0.3, 0.4) is 0 Å². The molecule has 0 saturated heterocycles. The maximum absolute atomic E-state index is 13.6. The lowest BCUT2D eigenvalue weighted by Gasteiger charge is -1.99. The summed E-state index contributed by atoms with van der Waals surface area (Å²) in [6.07, 6.45) is 1.62. The zero-order chi connectivity index (χ0) is 14.1. The molecule has 0 saturated carbocycles. The lowest BCUT2D eigenvalue weighted by molar-refractivity contribution is -0.129. The van der Waals surface area contributed by atoms with Gasteiger partial charge in [0.1, 0.15) is 5.82 Å². The number of aliphatic imine (C=N–C) groups is 1. The Labute approximate surface area is 126 Å². The van der Waals surface area contributed by atoms with Crippen LogP contribution in [0.15, 0.2) is 50.9 Å². The number of hydrogen-bond acceptors (Lipinski definition) is 4. The first kappa shape index (κ1) is 13.2. The maximum Gasteiger partial charge on any atom is 0.363 e. The first-order chi connectivity index (χ1) is 9.63. The second-order valence-corrected chi connectivity index (χ2v) is 6.45. The third kappa shape index (κ3) is 2.57. The second-order valence-electron chi connectivity index (χ2n) is 3.96. The summed E-state index contributed by atoms with van der Waals surface area (Å²) >= 11 is 4.81. The molecule has 3 nitrogen and oxygen atoms in total. The van der Waals surface area contributed by atoms with Gasteiger partial charge in [0, 0.05) is 4.88 Å². The van der Waals surface area contributed by atoms with Crippen molar-refractivity contribution in [3.05, 3.63) is 62.1 Å². The molecule has 0 spiro atoms. The van der Waals surface area contributed by atoms with Gasteiger partial charge in [-0.25, -0.2) is 14.2 Å². The minimum atomic E-state index is -0.576. The van der Waals surface area contributed by atoms with E-state index in [9.17, 15) is 9.18 Å². The number of nitrogens with zero attached hydrogens (tertiary/aromatic N) is 1. The number of ether oxygens (including phenoxy) is 1. The Morgan fingerprint density at radius 3 is 2.75 bits per heavy atom. The first-order valence-corrected chi connectivity index (χ1v) is 7.27. The minimum absolute atomic E-state index is 0.00466. The molecule has 100 valence electrons. The summed E-state index contributed by atoms with van der Waals surface area (Å²) < 4.78 is 19.6. The zero-order valence-electron chi connectivity index (χ0n) is 9.97. The predicted octanol–water partition coefficient (Wildman–Crippen LogP) is 3.99. The monoisotopic (exact) mass is 351 g/mol. The van der Waals surface area contributed by atoms with E-state index in [0.29, 0.717) is 0 Å². The van der Waals surface area contributed by atoms with Crippen LogP contribution in [0.25, 0.3) is 6.08 Å². The fraction of sp³-hybridized carbons (Fsp3) is 0. The highest BCUT2D eigenvalue weighted by Gasteiger charge is 2.25. The Morgan fingerprint density at radius 1 is 1.25 bits per heavy atom. The summed E-state index contributed by atoms with van der Waals surface area (Å²) in [7, 11) is 0. The van der Waals surface area contributed by atoms with E-state index < -0.39 is 11.8 Å². The average Bonchev–Trinajstić information content (AvgIpc) is 2.98. The van der Waals surface area contributed by atoms with Crippen molar-refractivity contribution in [2.75, 3.05) is 0 Å². The Morgan fingerprint density at radius 2 is 2.05 bits per heavy atom. The highest BCUT2D eigenvalue weighted by atomic mass is 79.9. The highest BCUT2D eigenvalue weighted by molar-refractivity contribution is 9.11. The van der Waals surface area contributed by atoms with Crippen LogP contribution in [-0.4, -0.2) is 11.9 Å². The number of rotatable bonds is 2. The Bertz CT molecular complexity index is 751. The van der Waals surface area contributed by atoms with E-state index in [2.05, 4.69) is 20.9 Å². The molecule has 0 N–H and O–H groups in total. The number of carbonyl (C=O) groups is 1. The van der Waals surface area contributed by atoms with Crippen LogP contribution in [0.4, 0.5) is 4.39 Å². The third-order valence-electron chi connectivity index (χ3n) is 2.60. The lowest BCUT2D eigenvalue weighted by Crippen LogP contribution is -2.07. The van der Waals surface area contributed by atoms with Gasteiger partial charge < -0.3 is 4.74 Å². The molecular weight excluding hydrogens is 345 g/mol. The first-order valence-electron chi connectivity index (χ1n) is 5.66. The van der Waals surface area contributed by atoms with Crippen molar-refractivity contribution in [3.8, 4) is 0 Å². The largest absolute Gasteiger partial charge is 0.402 e. The highest BCUT2D eigenvalue weighted by Crippen LogP contribution is 2.26. The second kappa shape index (κ2) is 5.30. The Kier molecular flexibility index (Phi) is 3.50. The summed E-state index contributed by atoms with van der Waals surface area (Å²) in [5.41, 5.74) is 0.342. The summed E-state index contributed by atoms with van der Waals surface area (Å²) in [5.74, 6) is -1.05. The molecule has 0 atom stereocenters. The van der Waals surface area contributed by atoms with Crippen LogP contribution in [0, 0.1) is 5.82 Å². The SMILES string of the molecule is O=C1OC(c2ccccc2F)=N/C1=C\c1ccc(Br)s1. The molecule has 1 aromatic heterocycles. The summed E-state index contributed by atoms with van der Waals surface area (Å²) in [6.45, 7) is 0. The standard InChI is InChI=1S/C14H7BrFNO2S/c15-12-6-5-8(20-12)7-11-14(18)19-13(17-11)9-3-1-2-4-10(9)16/h1-7H/b11-7-. The summed E-state index contributed by atoms with van der Waals surface area (Å²) in [6, 6.07) is 9.77. The molecule has 1 aliphatic heterocycles. The van der Waals surface area contributed by atoms with Crippen LogP contribution in [-0.2, 0) is 9.53 Å². The molecule has 1 aliphatic rings. The van der Waals surface area contributed by atoms with Gasteiger partial charge >= 0.3 is 5.97 Å². The van der Waals surface area contributed by atoms with Crippen LogP contribution in [0.5, 0.6) is 0 Å². The van der Waals surface area contributed by atoms with Crippen molar-refractivity contribution in [2.45, 2.75) is 0 Å². The third-order valence-corrected chi connectivity index (χ3v) is 4.17. The molecule has 2 heterocycles. The van der Waals surface area contributed by atoms with Crippen molar-refractivity contribution in [1.29, 1.82) is 0 Å². The smallest absolute Gasteiger partial charge is 0.363 e. The fourth-order valence-corrected chi connectivity index (χ4v) is 3.06. The van der Waals surface area contributed by atoms with Crippen molar-refractivity contribution in [2.24, 2.45) is 4.99 Å². The van der Waals surface area contributed by atoms with E-state index in [1.165, 1.54) is 23.5 Å². The van der Waals surface area contributed by atoms with Crippen LogP contribution in [0.2, 0.25) is 0 Å². The van der Waals surface area contributed by atoms with Crippen molar-refractivity contribution in [3.63, 3.8) is 0 Å². The van der Waals surface area contributed by atoms with Gasteiger partial charge in [-0.05, 0) is 46.3 Å². The van der Waals surface area contributed by atoms with Crippen molar-refractivity contribution >= 4 is 45.2 Å². The zero-order valence-corrected chi connectivity index (χ0v) is 12.4. The van der Waals surface area contributed by atoms with Crippen molar-refractivity contribution < 1.29 is 13.9 Å². The van der Waals surface area contributed by atoms with Gasteiger partial charge in [-0.15, -0.1) is 11.3 Å². The maximum atomic E-state index is 13.6. The molecule has 0 aliphatic carbocycles. The molecule has 3 rings (SSSR count). The summed E-state index contributed by atoms with van der Waals surface area (Å²) in [5, 5.41) is 0. The average molecular weight is 352 g/mol. The number of halogens is 2. The molecule has 6 heteroatoms. The van der Waals surface area contributed by atoms with E-state index >= 15 is 0 Å². The Hall–Kier alpha value is -1.79. The van der Waals surface area contributed by atoms with E-state index in [1.54, 1.807) is 18.2 Å². The number of carbonyl (C=O) groups excluding carboxylic acids is 1. The van der Waals surface area contributed by atoms with Crippen LogP contribution >= 0.6 is 27.3 Å². The van der Waals surface area contributed by atoms with E-state index in [-0.39, 0.29) is 17.2 Å². The van der Waals surface area contributed by atoms with Crippen LogP contribution in [0.1, 0.15) is 10.4 Å². The molecule has 2 aromatic rings. The normalized spacial score (nSPS) is 16.4. The van der Waals surface area contributed by atoms with Gasteiger partial charge in [-0.3, -0.25) is 0 Å². The van der Waals surface area contributed by atoms with Gasteiger partial charge in [-0.2, -0.15) is 0 Å². The number of benzene rings is 1. The van der Waals surface area contributed by atoms with Gasteiger partial charge in [0.05, 0.1) is 9.35 Å². The van der Waals surface area contributed by atoms with E-state index in [4.69, 9.17) is 4.74 Å². The molecule has 0 unspecified atom stereocenters. The van der Waals surface area contributed by atoms with Crippen molar-refractivity contribution in [1.82, 2.24) is 0 Å². The molecular formula is C14H7BrFNO2S. The quantitative estimate of drug-likeness (QED) is 0.606. The van der Waals surface area contributed by atoms with Gasteiger partial charge in [0.2, 0.25) is 5.90 Å². The molecule has 1 aromatic carbocycles. The number of esters is 1. The molecule has 0 fully saturated rings. The lowest BCUT2D eigenvalue weighted by atomic mass is 10.2. The van der Waals surface area contributed by atoms with Gasteiger partial charge in [-0.1, -0.05) is 12.1 Å².